The van der Waals surface area contributed by atoms with E-state index < -0.39 is 0 Å². The molecule has 1 aromatic rings. The molecule has 0 amide bonds. The molecule has 0 aliphatic carbocycles. The Morgan fingerprint density at radius 1 is 1.56 bits per heavy atom. The van der Waals surface area contributed by atoms with Crippen LogP contribution in [0.4, 0.5) is 0 Å². The zero-order valence-electron chi connectivity index (χ0n) is 9.91. The van der Waals surface area contributed by atoms with E-state index in [1.807, 2.05) is 12.3 Å². The summed E-state index contributed by atoms with van der Waals surface area (Å²) >= 11 is 0. The number of aryl methyl sites for hydroxylation is 1. The number of nitrogens with zero attached hydrogens (tertiary/aromatic N) is 1. The van der Waals surface area contributed by atoms with E-state index in [1.54, 1.807) is 0 Å². The zero-order chi connectivity index (χ0) is 11.2. The molecule has 3 nitrogen and oxygen atoms in total. The van der Waals surface area contributed by atoms with Crippen LogP contribution in [0.5, 0.6) is 0 Å². The van der Waals surface area contributed by atoms with Crippen LogP contribution in [0.25, 0.3) is 0 Å². The van der Waals surface area contributed by atoms with Crippen molar-refractivity contribution in [3.8, 4) is 0 Å². The maximum absolute atomic E-state index is 5.74. The van der Waals surface area contributed by atoms with Gasteiger partial charge in [0, 0.05) is 12.7 Å². The molecule has 3 heteroatoms. The van der Waals surface area contributed by atoms with Gasteiger partial charge in [0.25, 0.3) is 0 Å². The highest BCUT2D eigenvalue weighted by Crippen LogP contribution is 2.11. The standard InChI is InChI=1S/C13H20N2O/c1-11-4-2-7-15-13(11)10-16-9-12-5-3-6-14-8-12/h2,4,7,12,14H,3,5-6,8-10H2,1H3. The highest BCUT2D eigenvalue weighted by Gasteiger charge is 2.12. The first-order valence-corrected chi connectivity index (χ1v) is 6.05. The van der Waals surface area contributed by atoms with Crippen LogP contribution in [0.2, 0.25) is 0 Å². The number of hydrogen-bond acceptors (Lipinski definition) is 3. The molecule has 0 spiro atoms. The molecule has 0 radical (unpaired) electrons. The highest BCUT2D eigenvalue weighted by molar-refractivity contribution is 5.16. The normalized spacial score (nSPS) is 20.9. The molecule has 1 unspecified atom stereocenters. The van der Waals surface area contributed by atoms with Crippen molar-refractivity contribution >= 4 is 0 Å². The number of pyridine rings is 1. The maximum atomic E-state index is 5.74. The predicted octanol–water partition coefficient (Wildman–Crippen LogP) is 1.91. The molecule has 2 rings (SSSR count). The molecule has 1 aliphatic rings. The van der Waals surface area contributed by atoms with Crippen molar-refractivity contribution in [1.82, 2.24) is 10.3 Å². The molecule has 1 aromatic heterocycles. The monoisotopic (exact) mass is 220 g/mol. The number of nitrogens with one attached hydrogen (secondary N) is 1. The number of ether oxygens (including phenoxy) is 1. The van der Waals surface area contributed by atoms with Gasteiger partial charge in [-0.15, -0.1) is 0 Å². The number of piperidine rings is 1. The molecule has 88 valence electrons. The summed E-state index contributed by atoms with van der Waals surface area (Å²) in [6.07, 6.45) is 4.39. The van der Waals surface area contributed by atoms with E-state index in [4.69, 9.17) is 4.74 Å². The van der Waals surface area contributed by atoms with Crippen LogP contribution in [-0.2, 0) is 11.3 Å². The summed E-state index contributed by atoms with van der Waals surface area (Å²) in [7, 11) is 0. The van der Waals surface area contributed by atoms with Gasteiger partial charge >= 0.3 is 0 Å². The molecule has 16 heavy (non-hydrogen) atoms. The topological polar surface area (TPSA) is 34.1 Å². The molecule has 0 bridgehead atoms. The Kier molecular flexibility index (Phi) is 4.31. The van der Waals surface area contributed by atoms with E-state index in [-0.39, 0.29) is 0 Å². The van der Waals surface area contributed by atoms with Crippen molar-refractivity contribution in [2.75, 3.05) is 19.7 Å². The Labute approximate surface area is 97.2 Å². The van der Waals surface area contributed by atoms with Gasteiger partial charge in [0.2, 0.25) is 0 Å². The largest absolute Gasteiger partial charge is 0.375 e. The smallest absolute Gasteiger partial charge is 0.0890 e. The Morgan fingerprint density at radius 2 is 2.50 bits per heavy atom. The summed E-state index contributed by atoms with van der Waals surface area (Å²) in [4.78, 5) is 4.32. The summed E-state index contributed by atoms with van der Waals surface area (Å²) in [5.41, 5.74) is 2.27. The summed E-state index contributed by atoms with van der Waals surface area (Å²) in [5, 5.41) is 3.40. The number of aromatic nitrogens is 1. The lowest BCUT2D eigenvalue weighted by molar-refractivity contribution is 0.0760. The van der Waals surface area contributed by atoms with E-state index in [1.165, 1.54) is 18.4 Å². The van der Waals surface area contributed by atoms with Gasteiger partial charge in [0.05, 0.1) is 18.9 Å². The second-order valence-electron chi connectivity index (χ2n) is 4.49. The molecular formula is C13H20N2O. The molecule has 1 aliphatic heterocycles. The van der Waals surface area contributed by atoms with Crippen LogP contribution in [-0.4, -0.2) is 24.7 Å². The van der Waals surface area contributed by atoms with Gasteiger partial charge in [-0.1, -0.05) is 6.07 Å². The van der Waals surface area contributed by atoms with Crippen molar-refractivity contribution < 1.29 is 4.74 Å². The van der Waals surface area contributed by atoms with Crippen LogP contribution in [0.15, 0.2) is 18.3 Å². The van der Waals surface area contributed by atoms with Crippen LogP contribution in [0.3, 0.4) is 0 Å². The maximum Gasteiger partial charge on any atom is 0.0890 e. The minimum absolute atomic E-state index is 0.642. The first-order chi connectivity index (χ1) is 7.86. The van der Waals surface area contributed by atoms with Gasteiger partial charge in [0.1, 0.15) is 0 Å². The average molecular weight is 220 g/mol. The number of rotatable bonds is 4. The Hall–Kier alpha value is -0.930. The molecule has 0 aromatic carbocycles. The minimum Gasteiger partial charge on any atom is -0.375 e. The minimum atomic E-state index is 0.642. The van der Waals surface area contributed by atoms with E-state index in [2.05, 4.69) is 23.3 Å². The molecule has 2 heterocycles. The van der Waals surface area contributed by atoms with E-state index in [0.29, 0.717) is 12.5 Å². The lowest BCUT2D eigenvalue weighted by Gasteiger charge is -2.22. The van der Waals surface area contributed by atoms with Crippen molar-refractivity contribution in [2.45, 2.75) is 26.4 Å². The van der Waals surface area contributed by atoms with Crippen molar-refractivity contribution in [3.63, 3.8) is 0 Å². The molecular weight excluding hydrogens is 200 g/mol. The van der Waals surface area contributed by atoms with Crippen molar-refractivity contribution in [1.29, 1.82) is 0 Å². The Bertz CT molecular complexity index is 321. The first-order valence-electron chi connectivity index (χ1n) is 6.05. The summed E-state index contributed by atoms with van der Waals surface area (Å²) in [5.74, 6) is 0.678. The van der Waals surface area contributed by atoms with Crippen molar-refractivity contribution in [3.05, 3.63) is 29.6 Å². The van der Waals surface area contributed by atoms with Crippen LogP contribution in [0.1, 0.15) is 24.1 Å². The quantitative estimate of drug-likeness (QED) is 0.841. The Balaban J connectivity index is 1.73. The van der Waals surface area contributed by atoms with Crippen molar-refractivity contribution in [2.24, 2.45) is 5.92 Å². The molecule has 1 saturated heterocycles. The molecule has 0 saturated carbocycles. The third-order valence-corrected chi connectivity index (χ3v) is 3.11. The van der Waals surface area contributed by atoms with E-state index in [9.17, 15) is 0 Å². The lowest BCUT2D eigenvalue weighted by atomic mass is 10.0. The van der Waals surface area contributed by atoms with Gasteiger partial charge in [0.15, 0.2) is 0 Å². The molecule has 1 N–H and O–H groups in total. The highest BCUT2D eigenvalue weighted by atomic mass is 16.5. The van der Waals surface area contributed by atoms with E-state index in [0.717, 1.165) is 25.4 Å². The van der Waals surface area contributed by atoms with Gasteiger partial charge in [-0.2, -0.15) is 0 Å². The third kappa shape index (κ3) is 3.29. The first kappa shape index (κ1) is 11.6. The SMILES string of the molecule is Cc1cccnc1COCC1CCCNC1. The molecule has 1 fully saturated rings. The fourth-order valence-electron chi connectivity index (χ4n) is 2.06. The second-order valence-corrected chi connectivity index (χ2v) is 4.49. The van der Waals surface area contributed by atoms with Gasteiger partial charge < -0.3 is 10.1 Å². The van der Waals surface area contributed by atoms with Gasteiger partial charge in [-0.25, -0.2) is 0 Å². The van der Waals surface area contributed by atoms with E-state index >= 15 is 0 Å². The average Bonchev–Trinajstić information content (AvgIpc) is 2.33. The number of hydrogen-bond donors (Lipinski definition) is 1. The molecule has 1 atom stereocenters. The van der Waals surface area contributed by atoms with Gasteiger partial charge in [-0.05, 0) is 43.9 Å². The lowest BCUT2D eigenvalue weighted by Crippen LogP contribution is -2.32. The summed E-state index contributed by atoms with van der Waals surface area (Å²) in [6, 6.07) is 4.04. The Morgan fingerprint density at radius 3 is 3.25 bits per heavy atom. The fourth-order valence-corrected chi connectivity index (χ4v) is 2.06. The fraction of sp³-hybridized carbons (Fsp3) is 0.615. The summed E-state index contributed by atoms with van der Waals surface area (Å²) < 4.78 is 5.74. The second kappa shape index (κ2) is 5.97. The predicted molar refractivity (Wildman–Crippen MR) is 64.2 cm³/mol. The van der Waals surface area contributed by atoms with Crippen LogP contribution >= 0.6 is 0 Å². The third-order valence-electron chi connectivity index (χ3n) is 3.11. The zero-order valence-corrected chi connectivity index (χ0v) is 9.91. The summed E-state index contributed by atoms with van der Waals surface area (Å²) in [6.45, 7) is 5.83. The van der Waals surface area contributed by atoms with Crippen LogP contribution < -0.4 is 5.32 Å². The van der Waals surface area contributed by atoms with Crippen LogP contribution in [0, 0.1) is 12.8 Å². The van der Waals surface area contributed by atoms with Gasteiger partial charge in [-0.3, -0.25) is 4.98 Å².